The minimum atomic E-state index is -0.829. The van der Waals surface area contributed by atoms with Crippen LogP contribution >= 0.6 is 0 Å². The average Bonchev–Trinajstić information content (AvgIpc) is 3.15. The van der Waals surface area contributed by atoms with Crippen molar-refractivity contribution in [1.29, 1.82) is 0 Å². The largest absolute Gasteiger partial charge is 0.396 e. The zero-order valence-electron chi connectivity index (χ0n) is 17.4. The molecule has 2 bridgehead atoms. The molecule has 5 nitrogen and oxygen atoms in total. The fourth-order valence-corrected chi connectivity index (χ4v) is 6.90. The number of ether oxygens (including phenoxy) is 3. The van der Waals surface area contributed by atoms with Crippen molar-refractivity contribution < 1.29 is 24.4 Å². The van der Waals surface area contributed by atoms with E-state index in [2.05, 4.69) is 20.8 Å². The summed E-state index contributed by atoms with van der Waals surface area (Å²) in [6.07, 6.45) is 4.15. The molecule has 2 unspecified atom stereocenters. The summed E-state index contributed by atoms with van der Waals surface area (Å²) in [5, 5.41) is 20.5. The Morgan fingerprint density at radius 3 is 2.56 bits per heavy atom. The second kappa shape index (κ2) is 6.81. The third-order valence-electron chi connectivity index (χ3n) is 8.59. The Balaban J connectivity index is 1.84. The van der Waals surface area contributed by atoms with Crippen LogP contribution in [0.3, 0.4) is 0 Å². The van der Waals surface area contributed by atoms with Crippen molar-refractivity contribution >= 4 is 0 Å². The van der Waals surface area contributed by atoms with Crippen molar-refractivity contribution in [3.8, 4) is 0 Å². The fraction of sp³-hybridized carbons (Fsp3) is 0.909. The minimum absolute atomic E-state index is 0.0940. The van der Waals surface area contributed by atoms with Crippen LogP contribution in [0.4, 0.5) is 0 Å². The molecule has 4 aliphatic rings. The van der Waals surface area contributed by atoms with Crippen LogP contribution in [0.2, 0.25) is 0 Å². The van der Waals surface area contributed by atoms with Gasteiger partial charge in [0.05, 0.1) is 24.2 Å². The highest BCUT2D eigenvalue weighted by Crippen LogP contribution is 2.65. The van der Waals surface area contributed by atoms with Gasteiger partial charge in [0, 0.05) is 32.2 Å². The standard InChI is InChI=1S/C22H36O5/c1-12(11-23)13-6-7-21(2)8-9-22(3)14(17(13)21)10-15(25-4)16-18(26-5)19(22)27-20(16)24/h12,14-16,18-20,23-24H,6-11H2,1-5H3/t12?,14-,15-,16+,18+,19+,20?,21-,22-/m1/s1. The summed E-state index contributed by atoms with van der Waals surface area (Å²) in [5.41, 5.74) is 3.13. The van der Waals surface area contributed by atoms with E-state index in [1.165, 1.54) is 12.0 Å². The van der Waals surface area contributed by atoms with E-state index in [0.717, 1.165) is 25.7 Å². The molecular weight excluding hydrogens is 344 g/mol. The quantitative estimate of drug-likeness (QED) is 0.734. The number of hydrogen-bond acceptors (Lipinski definition) is 5. The van der Waals surface area contributed by atoms with Gasteiger partial charge in [-0.25, -0.2) is 0 Å². The molecule has 27 heavy (non-hydrogen) atoms. The first kappa shape index (κ1) is 19.8. The van der Waals surface area contributed by atoms with Crippen molar-refractivity contribution in [2.45, 2.75) is 77.5 Å². The van der Waals surface area contributed by atoms with Gasteiger partial charge in [-0.05, 0) is 43.4 Å². The average molecular weight is 381 g/mol. The van der Waals surface area contributed by atoms with Crippen molar-refractivity contribution in [1.82, 2.24) is 0 Å². The first-order valence-electron chi connectivity index (χ1n) is 10.5. The zero-order chi connectivity index (χ0) is 19.6. The monoisotopic (exact) mass is 380 g/mol. The summed E-state index contributed by atoms with van der Waals surface area (Å²) >= 11 is 0. The van der Waals surface area contributed by atoms with Gasteiger partial charge in [-0.3, -0.25) is 0 Å². The second-order valence-corrected chi connectivity index (χ2v) is 9.88. The molecule has 154 valence electrons. The molecule has 3 fully saturated rings. The molecule has 0 aromatic heterocycles. The summed E-state index contributed by atoms with van der Waals surface area (Å²) in [6.45, 7) is 7.09. The van der Waals surface area contributed by atoms with Gasteiger partial charge in [-0.1, -0.05) is 31.9 Å². The number of aliphatic hydroxyl groups is 2. The van der Waals surface area contributed by atoms with E-state index in [4.69, 9.17) is 14.2 Å². The Bertz CT molecular complexity index is 618. The van der Waals surface area contributed by atoms with Gasteiger partial charge in [0.2, 0.25) is 0 Å². The second-order valence-electron chi connectivity index (χ2n) is 9.88. The molecule has 2 N–H and O–H groups in total. The molecule has 2 saturated carbocycles. The van der Waals surface area contributed by atoms with Crippen molar-refractivity contribution in [2.24, 2.45) is 28.6 Å². The summed E-state index contributed by atoms with van der Waals surface area (Å²) in [4.78, 5) is 0. The number of fused-ring (bicyclic) bond motifs is 6. The van der Waals surface area contributed by atoms with Crippen LogP contribution in [0.15, 0.2) is 11.1 Å². The topological polar surface area (TPSA) is 68.2 Å². The summed E-state index contributed by atoms with van der Waals surface area (Å²) in [5.74, 6) is 0.391. The fourth-order valence-electron chi connectivity index (χ4n) is 6.90. The van der Waals surface area contributed by atoms with Gasteiger partial charge in [-0.2, -0.15) is 0 Å². The van der Waals surface area contributed by atoms with Crippen LogP contribution in [0.25, 0.3) is 0 Å². The first-order chi connectivity index (χ1) is 12.8. The van der Waals surface area contributed by atoms with Crippen molar-refractivity contribution in [2.75, 3.05) is 20.8 Å². The molecule has 1 aliphatic heterocycles. The molecule has 0 radical (unpaired) electrons. The van der Waals surface area contributed by atoms with Gasteiger partial charge >= 0.3 is 0 Å². The summed E-state index contributed by atoms with van der Waals surface area (Å²) in [6, 6.07) is 0. The predicted molar refractivity (Wildman–Crippen MR) is 102 cm³/mol. The Morgan fingerprint density at radius 1 is 1.19 bits per heavy atom. The van der Waals surface area contributed by atoms with E-state index in [1.54, 1.807) is 19.8 Å². The highest BCUT2D eigenvalue weighted by molar-refractivity contribution is 5.36. The van der Waals surface area contributed by atoms with E-state index >= 15 is 0 Å². The maximum atomic E-state index is 10.6. The minimum Gasteiger partial charge on any atom is -0.396 e. The molecule has 1 saturated heterocycles. The van der Waals surface area contributed by atoms with E-state index < -0.39 is 6.29 Å². The molecular formula is C22H36O5. The SMILES string of the molecule is CO[C@H]1[C@H]2C(O)O[C@@H]1[C@]1(C)CC[C@@]3(C)CCC(C(C)CO)=C3[C@H]1C[C@H]2OC. The van der Waals surface area contributed by atoms with Crippen LogP contribution in [-0.2, 0) is 14.2 Å². The summed E-state index contributed by atoms with van der Waals surface area (Å²) < 4.78 is 18.0. The predicted octanol–water partition coefficient (Wildman–Crippen LogP) is 2.89. The molecule has 4 rings (SSSR count). The highest BCUT2D eigenvalue weighted by atomic mass is 16.6. The van der Waals surface area contributed by atoms with Gasteiger partial charge in [0.15, 0.2) is 6.29 Å². The van der Waals surface area contributed by atoms with Gasteiger partial charge in [0.1, 0.15) is 0 Å². The van der Waals surface area contributed by atoms with Crippen LogP contribution in [0.5, 0.6) is 0 Å². The Morgan fingerprint density at radius 2 is 1.93 bits per heavy atom. The normalized spacial score (nSPS) is 50.3. The molecule has 0 aromatic carbocycles. The number of rotatable bonds is 4. The lowest BCUT2D eigenvalue weighted by molar-refractivity contribution is -0.180. The van der Waals surface area contributed by atoms with E-state index in [-0.39, 0.29) is 47.6 Å². The van der Waals surface area contributed by atoms with Gasteiger partial charge < -0.3 is 24.4 Å². The maximum absolute atomic E-state index is 10.6. The Hall–Kier alpha value is -0.460. The lowest BCUT2D eigenvalue weighted by atomic mass is 9.54. The van der Waals surface area contributed by atoms with E-state index in [0.29, 0.717) is 5.92 Å². The number of hydrogen-bond donors (Lipinski definition) is 2. The van der Waals surface area contributed by atoms with Crippen molar-refractivity contribution in [3.63, 3.8) is 0 Å². The van der Waals surface area contributed by atoms with Crippen LogP contribution in [0.1, 0.15) is 52.9 Å². The molecule has 0 spiro atoms. The molecule has 1 heterocycles. The van der Waals surface area contributed by atoms with E-state index in [9.17, 15) is 10.2 Å². The van der Waals surface area contributed by atoms with Gasteiger partial charge in [-0.15, -0.1) is 0 Å². The molecule has 9 atom stereocenters. The lowest BCUT2D eigenvalue weighted by Gasteiger charge is -2.53. The lowest BCUT2D eigenvalue weighted by Crippen LogP contribution is -2.50. The van der Waals surface area contributed by atoms with E-state index in [1.807, 2.05) is 0 Å². The first-order valence-corrected chi connectivity index (χ1v) is 10.5. The third kappa shape index (κ3) is 2.69. The van der Waals surface area contributed by atoms with Crippen LogP contribution in [0, 0.1) is 28.6 Å². The molecule has 3 aliphatic carbocycles. The molecule has 0 amide bonds. The summed E-state index contributed by atoms with van der Waals surface area (Å²) in [7, 11) is 3.46. The van der Waals surface area contributed by atoms with Crippen LogP contribution < -0.4 is 0 Å². The smallest absolute Gasteiger partial charge is 0.162 e. The zero-order valence-corrected chi connectivity index (χ0v) is 17.4. The van der Waals surface area contributed by atoms with Gasteiger partial charge in [0.25, 0.3) is 0 Å². The van der Waals surface area contributed by atoms with Crippen molar-refractivity contribution in [3.05, 3.63) is 11.1 Å². The number of allylic oxidation sites excluding steroid dienone is 1. The Labute approximate surface area is 163 Å². The third-order valence-corrected chi connectivity index (χ3v) is 8.59. The maximum Gasteiger partial charge on any atom is 0.162 e. The number of methoxy groups -OCH3 is 2. The highest BCUT2D eigenvalue weighted by Gasteiger charge is 2.64. The molecule has 0 aromatic rings. The van der Waals surface area contributed by atoms with Crippen LogP contribution in [-0.4, -0.2) is 55.6 Å². The Kier molecular flexibility index (Phi) is 5.00. The number of aliphatic hydroxyl groups excluding tert-OH is 2. The molecule has 5 heteroatoms.